The molecule has 31 heavy (non-hydrogen) atoms. The molecule has 1 aliphatic heterocycles. The number of nitrogens with one attached hydrogen (secondary N) is 1. The number of anilines is 1. The third-order valence-electron chi connectivity index (χ3n) is 5.94. The molecule has 1 heterocycles. The second-order valence-electron chi connectivity index (χ2n) is 8.06. The van der Waals surface area contributed by atoms with Gasteiger partial charge in [-0.3, -0.25) is 9.10 Å². The molecule has 8 heteroatoms. The molecule has 0 aromatic heterocycles. The minimum absolute atomic E-state index is 0.245. The maximum atomic E-state index is 13.0. The van der Waals surface area contributed by atoms with Gasteiger partial charge in [0.15, 0.2) is 0 Å². The molecule has 0 saturated heterocycles. The molecule has 1 atom stereocenters. The summed E-state index contributed by atoms with van der Waals surface area (Å²) in [6.45, 7) is 5.75. The van der Waals surface area contributed by atoms with E-state index >= 15 is 0 Å². The lowest BCUT2D eigenvalue weighted by Gasteiger charge is -2.41. The van der Waals surface area contributed by atoms with Crippen molar-refractivity contribution < 1.29 is 17.9 Å². The number of aryl methyl sites for hydroxylation is 1. The van der Waals surface area contributed by atoms with E-state index in [-0.39, 0.29) is 24.1 Å². The maximum Gasteiger partial charge on any atom is 0.241 e. The summed E-state index contributed by atoms with van der Waals surface area (Å²) >= 11 is 3.43. The van der Waals surface area contributed by atoms with Gasteiger partial charge in [0.1, 0.15) is 17.9 Å². The molecular formula is C23H29BrN2O4S. The molecule has 1 N–H and O–H groups in total. The standard InChI is InChI=1S/C23H29BrN2O4S/c1-5-23(6-2)14-20(18-9-7-8-10-21(18)30-23)25-22(27)15-26(31(4,28)29)17-11-12-19(24)16(3)13-17/h7-13,20H,5-6,14-15H2,1-4H3,(H,25,27)/t20-/m1/s1. The number of carbonyl (C=O) groups is 1. The second kappa shape index (κ2) is 9.20. The van der Waals surface area contributed by atoms with Crippen LogP contribution in [-0.2, 0) is 14.8 Å². The molecule has 0 radical (unpaired) electrons. The third kappa shape index (κ3) is 5.23. The number of benzene rings is 2. The fourth-order valence-corrected chi connectivity index (χ4v) is 5.08. The summed E-state index contributed by atoms with van der Waals surface area (Å²) in [7, 11) is -3.64. The Morgan fingerprint density at radius 3 is 2.52 bits per heavy atom. The van der Waals surface area contributed by atoms with Crippen LogP contribution in [0.5, 0.6) is 5.75 Å². The highest BCUT2D eigenvalue weighted by atomic mass is 79.9. The van der Waals surface area contributed by atoms with Crippen molar-refractivity contribution in [1.82, 2.24) is 5.32 Å². The van der Waals surface area contributed by atoms with Crippen LogP contribution < -0.4 is 14.4 Å². The Morgan fingerprint density at radius 2 is 1.90 bits per heavy atom. The largest absolute Gasteiger partial charge is 0.487 e. The number of rotatable bonds is 7. The van der Waals surface area contributed by atoms with Crippen molar-refractivity contribution in [1.29, 1.82) is 0 Å². The number of sulfonamides is 1. The Labute approximate surface area is 193 Å². The molecule has 2 aromatic rings. The zero-order valence-electron chi connectivity index (χ0n) is 18.3. The molecule has 0 unspecified atom stereocenters. The molecule has 0 spiro atoms. The number of carbonyl (C=O) groups excluding carboxylic acids is 1. The van der Waals surface area contributed by atoms with Crippen LogP contribution in [0.1, 0.15) is 50.3 Å². The molecule has 1 amide bonds. The van der Waals surface area contributed by atoms with Crippen molar-refractivity contribution in [3.63, 3.8) is 0 Å². The van der Waals surface area contributed by atoms with E-state index in [4.69, 9.17) is 4.74 Å². The van der Waals surface area contributed by atoms with E-state index in [1.54, 1.807) is 18.2 Å². The monoisotopic (exact) mass is 508 g/mol. The average molecular weight is 509 g/mol. The van der Waals surface area contributed by atoms with Crippen molar-refractivity contribution >= 4 is 37.5 Å². The van der Waals surface area contributed by atoms with E-state index in [0.717, 1.165) is 44.8 Å². The van der Waals surface area contributed by atoms with E-state index in [1.165, 1.54) is 0 Å². The van der Waals surface area contributed by atoms with Gasteiger partial charge in [0.05, 0.1) is 18.0 Å². The van der Waals surface area contributed by atoms with Crippen molar-refractivity contribution in [2.24, 2.45) is 0 Å². The summed E-state index contributed by atoms with van der Waals surface area (Å²) in [6.07, 6.45) is 3.38. The van der Waals surface area contributed by atoms with Gasteiger partial charge in [-0.15, -0.1) is 0 Å². The quantitative estimate of drug-likeness (QED) is 0.586. The third-order valence-corrected chi connectivity index (χ3v) is 7.97. The summed E-state index contributed by atoms with van der Waals surface area (Å²) < 4.78 is 33.2. The Morgan fingerprint density at radius 1 is 1.23 bits per heavy atom. The van der Waals surface area contributed by atoms with Crippen LogP contribution in [0, 0.1) is 6.92 Å². The average Bonchev–Trinajstić information content (AvgIpc) is 2.73. The molecule has 2 aromatic carbocycles. The second-order valence-corrected chi connectivity index (χ2v) is 10.8. The highest BCUT2D eigenvalue weighted by molar-refractivity contribution is 9.10. The van der Waals surface area contributed by atoms with Gasteiger partial charge in [0.2, 0.25) is 15.9 Å². The van der Waals surface area contributed by atoms with Crippen LogP contribution in [0.3, 0.4) is 0 Å². The minimum atomic E-state index is -3.64. The van der Waals surface area contributed by atoms with Crippen LogP contribution in [0.25, 0.3) is 0 Å². The molecular weight excluding hydrogens is 480 g/mol. The summed E-state index contributed by atoms with van der Waals surface area (Å²) in [6, 6.07) is 12.7. The van der Waals surface area contributed by atoms with Crippen molar-refractivity contribution in [3.8, 4) is 5.75 Å². The first-order valence-corrected chi connectivity index (χ1v) is 13.0. The molecule has 6 nitrogen and oxygen atoms in total. The van der Waals surface area contributed by atoms with E-state index < -0.39 is 10.0 Å². The van der Waals surface area contributed by atoms with Gasteiger partial charge in [-0.05, 0) is 49.6 Å². The molecule has 0 bridgehead atoms. The molecule has 0 fully saturated rings. The predicted molar refractivity (Wildman–Crippen MR) is 127 cm³/mol. The van der Waals surface area contributed by atoms with Crippen LogP contribution in [0.2, 0.25) is 0 Å². The SMILES string of the molecule is CCC1(CC)C[C@@H](NC(=O)CN(c2ccc(Br)c(C)c2)S(C)(=O)=O)c2ccccc2O1. The van der Waals surface area contributed by atoms with Gasteiger partial charge in [-0.2, -0.15) is 0 Å². The van der Waals surface area contributed by atoms with Gasteiger partial charge in [0.25, 0.3) is 0 Å². The topological polar surface area (TPSA) is 75.7 Å². The van der Waals surface area contributed by atoms with E-state index in [2.05, 4.69) is 35.1 Å². The zero-order valence-corrected chi connectivity index (χ0v) is 20.7. The van der Waals surface area contributed by atoms with Gasteiger partial charge in [-0.25, -0.2) is 8.42 Å². The zero-order chi connectivity index (χ0) is 22.8. The first kappa shape index (κ1) is 23.6. The first-order chi connectivity index (χ1) is 14.6. The summed E-state index contributed by atoms with van der Waals surface area (Å²) in [5.41, 5.74) is 1.91. The molecule has 3 rings (SSSR count). The van der Waals surface area contributed by atoms with Crippen molar-refractivity contribution in [2.75, 3.05) is 17.1 Å². The van der Waals surface area contributed by atoms with E-state index in [1.807, 2.05) is 31.2 Å². The summed E-state index contributed by atoms with van der Waals surface area (Å²) in [5.74, 6) is 0.417. The summed E-state index contributed by atoms with van der Waals surface area (Å²) in [4.78, 5) is 13.0. The lowest BCUT2D eigenvalue weighted by atomic mass is 9.83. The molecule has 0 aliphatic carbocycles. The van der Waals surface area contributed by atoms with Gasteiger partial charge in [-0.1, -0.05) is 48.0 Å². The number of fused-ring (bicyclic) bond motifs is 1. The highest BCUT2D eigenvalue weighted by Crippen LogP contribution is 2.42. The van der Waals surface area contributed by atoms with E-state index in [9.17, 15) is 13.2 Å². The number of para-hydroxylation sites is 1. The maximum absolute atomic E-state index is 13.0. The van der Waals surface area contributed by atoms with Gasteiger partial charge in [0, 0.05) is 16.5 Å². The lowest BCUT2D eigenvalue weighted by molar-refractivity contribution is -0.121. The number of halogens is 1. The molecule has 0 saturated carbocycles. The van der Waals surface area contributed by atoms with Gasteiger partial charge >= 0.3 is 0 Å². The van der Waals surface area contributed by atoms with Crippen molar-refractivity contribution in [3.05, 3.63) is 58.1 Å². The predicted octanol–water partition coefficient (Wildman–Crippen LogP) is 4.72. The number of nitrogens with zero attached hydrogens (tertiary/aromatic N) is 1. The van der Waals surface area contributed by atoms with Crippen LogP contribution in [0.4, 0.5) is 5.69 Å². The molecule has 1 aliphatic rings. The highest BCUT2D eigenvalue weighted by Gasteiger charge is 2.39. The normalized spacial score (nSPS) is 17.4. The van der Waals surface area contributed by atoms with Gasteiger partial charge < -0.3 is 10.1 Å². The Kier molecular flexibility index (Phi) is 7.01. The number of hydrogen-bond acceptors (Lipinski definition) is 4. The number of hydrogen-bond donors (Lipinski definition) is 1. The van der Waals surface area contributed by atoms with Crippen LogP contribution >= 0.6 is 15.9 Å². The lowest BCUT2D eigenvalue weighted by Crippen LogP contribution is -2.47. The Hall–Kier alpha value is -2.06. The van der Waals surface area contributed by atoms with Crippen LogP contribution in [-0.4, -0.2) is 32.7 Å². The molecule has 168 valence electrons. The Balaban J connectivity index is 1.86. The van der Waals surface area contributed by atoms with Crippen LogP contribution in [0.15, 0.2) is 46.9 Å². The first-order valence-electron chi connectivity index (χ1n) is 10.4. The van der Waals surface area contributed by atoms with E-state index in [0.29, 0.717) is 12.1 Å². The smallest absolute Gasteiger partial charge is 0.241 e. The number of ether oxygens (including phenoxy) is 1. The fraction of sp³-hybridized carbons (Fsp3) is 0.435. The van der Waals surface area contributed by atoms with Crippen molar-refractivity contribution in [2.45, 2.75) is 51.7 Å². The minimum Gasteiger partial charge on any atom is -0.487 e. The summed E-state index contributed by atoms with van der Waals surface area (Å²) in [5, 5.41) is 3.06. The number of amides is 1. The fourth-order valence-electron chi connectivity index (χ4n) is 3.98. The Bertz CT molecular complexity index is 1070.